The van der Waals surface area contributed by atoms with E-state index in [4.69, 9.17) is 5.84 Å². The van der Waals surface area contributed by atoms with Gasteiger partial charge in [-0.15, -0.1) is 0 Å². The molecule has 16 heavy (non-hydrogen) atoms. The van der Waals surface area contributed by atoms with Crippen molar-refractivity contribution >= 4 is 5.91 Å². The van der Waals surface area contributed by atoms with Crippen LogP contribution in [0.1, 0.15) is 34.6 Å². The van der Waals surface area contributed by atoms with Crippen LogP contribution >= 0.6 is 0 Å². The van der Waals surface area contributed by atoms with Crippen LogP contribution in [-0.2, 0) is 4.79 Å². The summed E-state index contributed by atoms with van der Waals surface area (Å²) >= 11 is 0. The van der Waals surface area contributed by atoms with Gasteiger partial charge in [0.25, 0.3) is 5.91 Å². The monoisotopic (exact) mass is 231 g/mol. The van der Waals surface area contributed by atoms with Gasteiger partial charge in [0.15, 0.2) is 0 Å². The Hall–Kier alpha value is -0.650. The second kappa shape index (κ2) is 6.18. The van der Waals surface area contributed by atoms with Crippen molar-refractivity contribution in [2.24, 2.45) is 11.8 Å². The first-order valence-electron chi connectivity index (χ1n) is 5.69. The van der Waals surface area contributed by atoms with Gasteiger partial charge < -0.3 is 5.11 Å². The van der Waals surface area contributed by atoms with Crippen LogP contribution in [0.5, 0.6) is 0 Å². The Bertz CT molecular complexity index is 224. The molecule has 0 bridgehead atoms. The molecule has 0 aliphatic rings. The van der Waals surface area contributed by atoms with E-state index in [1.54, 1.807) is 13.8 Å². The summed E-state index contributed by atoms with van der Waals surface area (Å²) in [5.74, 6) is 5.12. The topological polar surface area (TPSA) is 78.6 Å². The number of nitrogens with two attached hydrogens (primary N) is 1. The molecular formula is C11H25N3O2. The molecule has 1 atom stereocenters. The second-order valence-corrected chi connectivity index (χ2v) is 5.07. The fourth-order valence-corrected chi connectivity index (χ4v) is 1.88. The molecule has 0 heterocycles. The Morgan fingerprint density at radius 1 is 1.50 bits per heavy atom. The van der Waals surface area contributed by atoms with Crippen molar-refractivity contribution in [3.63, 3.8) is 0 Å². The molecule has 0 saturated heterocycles. The summed E-state index contributed by atoms with van der Waals surface area (Å²) in [6.45, 7) is 10.5. The fraction of sp³-hybridized carbons (Fsp3) is 0.909. The van der Waals surface area contributed by atoms with Gasteiger partial charge in [-0.3, -0.25) is 15.1 Å². The summed E-state index contributed by atoms with van der Waals surface area (Å²) in [7, 11) is 0. The summed E-state index contributed by atoms with van der Waals surface area (Å²) in [6.07, 6.45) is 0. The predicted molar refractivity (Wildman–Crippen MR) is 64.5 cm³/mol. The summed E-state index contributed by atoms with van der Waals surface area (Å²) in [4.78, 5) is 13.6. The Morgan fingerprint density at radius 3 is 2.25 bits per heavy atom. The van der Waals surface area contributed by atoms with Crippen molar-refractivity contribution in [3.8, 4) is 0 Å². The molecule has 4 N–H and O–H groups in total. The maximum atomic E-state index is 11.7. The van der Waals surface area contributed by atoms with Crippen molar-refractivity contribution in [3.05, 3.63) is 0 Å². The number of likely N-dealkylation sites (N-methyl/N-ethyl adjacent to an activating group) is 1. The van der Waals surface area contributed by atoms with Crippen LogP contribution < -0.4 is 11.3 Å². The highest BCUT2D eigenvalue weighted by Crippen LogP contribution is 2.14. The summed E-state index contributed by atoms with van der Waals surface area (Å²) < 4.78 is 0. The minimum atomic E-state index is -0.821. The van der Waals surface area contributed by atoms with Gasteiger partial charge >= 0.3 is 0 Å². The van der Waals surface area contributed by atoms with Gasteiger partial charge in [-0.2, -0.15) is 0 Å². The maximum Gasteiger partial charge on any atom is 0.251 e. The molecule has 0 aliphatic heterocycles. The molecule has 96 valence electrons. The van der Waals surface area contributed by atoms with Crippen molar-refractivity contribution in [2.45, 2.75) is 46.3 Å². The number of aliphatic hydroxyl groups is 1. The van der Waals surface area contributed by atoms with E-state index in [9.17, 15) is 9.90 Å². The van der Waals surface area contributed by atoms with E-state index in [1.807, 2.05) is 25.7 Å². The minimum Gasteiger partial charge on any atom is -0.389 e. The van der Waals surface area contributed by atoms with E-state index < -0.39 is 5.60 Å². The van der Waals surface area contributed by atoms with Crippen molar-refractivity contribution in [1.82, 2.24) is 10.3 Å². The lowest BCUT2D eigenvalue weighted by Crippen LogP contribution is -2.54. The molecule has 0 aliphatic carbocycles. The van der Waals surface area contributed by atoms with Gasteiger partial charge in [0, 0.05) is 6.54 Å². The highest BCUT2D eigenvalue weighted by atomic mass is 16.3. The molecule has 0 rings (SSSR count). The van der Waals surface area contributed by atoms with Crippen molar-refractivity contribution in [2.75, 3.05) is 13.1 Å². The fourth-order valence-electron chi connectivity index (χ4n) is 1.88. The number of carbonyl (C=O) groups excluding carboxylic acids is 1. The number of hydrogen-bond donors (Lipinski definition) is 3. The van der Waals surface area contributed by atoms with Gasteiger partial charge in [0.2, 0.25) is 0 Å². The SMILES string of the molecule is CCN(CC(C)(C)O)C(C(=O)NN)C(C)C. The normalized spacial score (nSPS) is 14.3. The first-order valence-corrected chi connectivity index (χ1v) is 5.69. The van der Waals surface area contributed by atoms with E-state index in [0.29, 0.717) is 13.1 Å². The number of carbonyl (C=O) groups is 1. The van der Waals surface area contributed by atoms with Crippen LogP contribution in [0, 0.1) is 5.92 Å². The number of nitrogens with zero attached hydrogens (tertiary/aromatic N) is 1. The Balaban J connectivity index is 4.79. The van der Waals surface area contributed by atoms with Gasteiger partial charge in [-0.25, -0.2) is 5.84 Å². The molecule has 0 aromatic carbocycles. The van der Waals surface area contributed by atoms with E-state index in [1.165, 1.54) is 0 Å². The lowest BCUT2D eigenvalue weighted by atomic mass is 9.99. The smallest absolute Gasteiger partial charge is 0.251 e. The highest BCUT2D eigenvalue weighted by molar-refractivity contribution is 5.81. The molecule has 5 nitrogen and oxygen atoms in total. The van der Waals surface area contributed by atoms with Crippen LogP contribution in [0.4, 0.5) is 0 Å². The first-order chi connectivity index (χ1) is 7.22. The quantitative estimate of drug-likeness (QED) is 0.344. The number of rotatable bonds is 6. The molecule has 5 heteroatoms. The Labute approximate surface area is 98.0 Å². The summed E-state index contributed by atoms with van der Waals surface area (Å²) in [6, 6.07) is -0.304. The molecule has 1 unspecified atom stereocenters. The second-order valence-electron chi connectivity index (χ2n) is 5.07. The van der Waals surface area contributed by atoms with Crippen LogP contribution in [0.3, 0.4) is 0 Å². The Kier molecular flexibility index (Phi) is 5.92. The molecule has 0 radical (unpaired) electrons. The van der Waals surface area contributed by atoms with Crippen LogP contribution in [0.15, 0.2) is 0 Å². The molecule has 0 saturated carbocycles. The van der Waals surface area contributed by atoms with Crippen molar-refractivity contribution < 1.29 is 9.90 Å². The first kappa shape index (κ1) is 15.3. The summed E-state index contributed by atoms with van der Waals surface area (Å²) in [5.41, 5.74) is 1.36. The highest BCUT2D eigenvalue weighted by Gasteiger charge is 2.30. The van der Waals surface area contributed by atoms with E-state index in [2.05, 4.69) is 5.43 Å². The molecular weight excluding hydrogens is 206 g/mol. The summed E-state index contributed by atoms with van der Waals surface area (Å²) in [5, 5.41) is 9.80. The van der Waals surface area contributed by atoms with E-state index in [-0.39, 0.29) is 17.9 Å². The standard InChI is InChI=1S/C11H25N3O2/c1-6-14(7-11(4,5)16)9(8(2)3)10(15)13-12/h8-9,16H,6-7,12H2,1-5H3,(H,13,15). The molecule has 0 aromatic heterocycles. The Morgan fingerprint density at radius 2 is 2.00 bits per heavy atom. The van der Waals surface area contributed by atoms with Gasteiger partial charge in [0.1, 0.15) is 0 Å². The average Bonchev–Trinajstić information content (AvgIpc) is 2.13. The third-order valence-electron chi connectivity index (χ3n) is 2.43. The van der Waals surface area contributed by atoms with E-state index in [0.717, 1.165) is 0 Å². The third kappa shape index (κ3) is 4.92. The molecule has 1 amide bonds. The van der Waals surface area contributed by atoms with Gasteiger partial charge in [0.05, 0.1) is 11.6 Å². The van der Waals surface area contributed by atoms with Gasteiger partial charge in [-0.05, 0) is 26.3 Å². The average molecular weight is 231 g/mol. The third-order valence-corrected chi connectivity index (χ3v) is 2.43. The molecule has 0 spiro atoms. The van der Waals surface area contributed by atoms with Gasteiger partial charge in [-0.1, -0.05) is 20.8 Å². The maximum absolute atomic E-state index is 11.7. The van der Waals surface area contributed by atoms with Crippen LogP contribution in [0.25, 0.3) is 0 Å². The zero-order valence-electron chi connectivity index (χ0n) is 10.9. The van der Waals surface area contributed by atoms with Crippen molar-refractivity contribution in [1.29, 1.82) is 0 Å². The lowest BCUT2D eigenvalue weighted by molar-refractivity contribution is -0.129. The zero-order chi connectivity index (χ0) is 12.9. The number of nitrogens with one attached hydrogen (secondary N) is 1. The molecule has 0 aromatic rings. The largest absolute Gasteiger partial charge is 0.389 e. The van der Waals surface area contributed by atoms with Crippen LogP contribution in [-0.4, -0.2) is 40.6 Å². The number of hydrogen-bond acceptors (Lipinski definition) is 4. The zero-order valence-corrected chi connectivity index (χ0v) is 10.9. The van der Waals surface area contributed by atoms with E-state index >= 15 is 0 Å². The lowest BCUT2D eigenvalue weighted by Gasteiger charge is -2.35. The minimum absolute atomic E-state index is 0.144. The van der Waals surface area contributed by atoms with Crippen LogP contribution in [0.2, 0.25) is 0 Å². The predicted octanol–water partition coefficient (Wildman–Crippen LogP) is 0.0937. The molecule has 0 fully saturated rings. The number of hydrazine groups is 1. The number of amides is 1.